The molecule has 2 N–H and O–H groups in total. The molecule has 2 heterocycles. The van der Waals surface area contributed by atoms with Crippen LogP contribution in [-0.4, -0.2) is 19.9 Å². The second-order valence-corrected chi connectivity index (χ2v) is 4.12. The Bertz CT molecular complexity index is 474. The van der Waals surface area contributed by atoms with Crippen LogP contribution >= 0.6 is 11.8 Å². The molecule has 0 spiro atoms. The highest BCUT2D eigenvalue weighted by atomic mass is 32.2. The third-order valence-electron chi connectivity index (χ3n) is 1.85. The molecule has 0 atom stereocenters. The molecule has 0 aliphatic heterocycles. The van der Waals surface area contributed by atoms with Gasteiger partial charge in [-0.25, -0.2) is 19.9 Å². The lowest BCUT2D eigenvalue weighted by atomic mass is 10.3. The quantitative estimate of drug-likeness (QED) is 0.633. The third kappa shape index (κ3) is 2.74. The van der Waals surface area contributed by atoms with Gasteiger partial charge in [0.25, 0.3) is 0 Å². The minimum atomic E-state index is 0.417. The number of nitrogens with two attached hydrogens (primary N) is 1. The number of hydrogen-bond acceptors (Lipinski definition) is 6. The standard InChI is InChI=1S/C10H11N5S/c1-7-4-8(5-11)15-10(14-7)16-9-2-3-12-6-13-9/h2-4,6H,5,11H2,1H3. The molecule has 6 heteroatoms. The summed E-state index contributed by atoms with van der Waals surface area (Å²) in [7, 11) is 0. The Labute approximate surface area is 97.6 Å². The molecule has 0 aliphatic rings. The zero-order valence-electron chi connectivity index (χ0n) is 8.79. The number of nitrogens with zero attached hydrogens (tertiary/aromatic N) is 4. The summed E-state index contributed by atoms with van der Waals surface area (Å²) in [5.74, 6) is 0. The van der Waals surface area contributed by atoms with E-state index in [1.165, 1.54) is 18.1 Å². The summed E-state index contributed by atoms with van der Waals surface area (Å²) in [6.07, 6.45) is 3.19. The fourth-order valence-corrected chi connectivity index (χ4v) is 1.96. The second-order valence-electron chi connectivity index (χ2n) is 3.14. The predicted molar refractivity (Wildman–Crippen MR) is 60.8 cm³/mol. The van der Waals surface area contributed by atoms with Crippen LogP contribution in [0.2, 0.25) is 0 Å². The van der Waals surface area contributed by atoms with Crippen molar-refractivity contribution in [2.45, 2.75) is 23.7 Å². The van der Waals surface area contributed by atoms with E-state index in [2.05, 4.69) is 19.9 Å². The second kappa shape index (κ2) is 5.00. The molecule has 0 bridgehead atoms. The zero-order valence-corrected chi connectivity index (χ0v) is 9.61. The molecule has 0 unspecified atom stereocenters. The van der Waals surface area contributed by atoms with Crippen molar-refractivity contribution in [2.24, 2.45) is 5.73 Å². The third-order valence-corrected chi connectivity index (χ3v) is 2.66. The van der Waals surface area contributed by atoms with Crippen LogP contribution in [0.3, 0.4) is 0 Å². The molecule has 0 saturated carbocycles. The molecule has 0 fully saturated rings. The van der Waals surface area contributed by atoms with Gasteiger partial charge in [0.2, 0.25) is 0 Å². The Morgan fingerprint density at radius 2 is 2.25 bits per heavy atom. The normalized spacial score (nSPS) is 10.4. The van der Waals surface area contributed by atoms with Crippen LogP contribution in [0.4, 0.5) is 0 Å². The van der Waals surface area contributed by atoms with E-state index in [9.17, 15) is 0 Å². The van der Waals surface area contributed by atoms with Crippen LogP contribution < -0.4 is 5.73 Å². The van der Waals surface area contributed by atoms with Gasteiger partial charge in [0, 0.05) is 18.4 Å². The van der Waals surface area contributed by atoms with Gasteiger partial charge in [-0.2, -0.15) is 0 Å². The lowest BCUT2D eigenvalue weighted by Crippen LogP contribution is -2.02. The molecule has 5 nitrogen and oxygen atoms in total. The van der Waals surface area contributed by atoms with Crippen molar-refractivity contribution in [3.63, 3.8) is 0 Å². The molecular formula is C10H11N5S. The molecule has 0 amide bonds. The van der Waals surface area contributed by atoms with Gasteiger partial charge in [-0.15, -0.1) is 0 Å². The fraction of sp³-hybridized carbons (Fsp3) is 0.200. The Kier molecular flexibility index (Phi) is 3.43. The summed E-state index contributed by atoms with van der Waals surface area (Å²) >= 11 is 1.40. The van der Waals surface area contributed by atoms with E-state index in [0.717, 1.165) is 16.4 Å². The van der Waals surface area contributed by atoms with E-state index >= 15 is 0 Å². The highest BCUT2D eigenvalue weighted by Crippen LogP contribution is 2.21. The highest BCUT2D eigenvalue weighted by Gasteiger charge is 2.04. The summed E-state index contributed by atoms with van der Waals surface area (Å²) < 4.78 is 0. The van der Waals surface area contributed by atoms with E-state index in [4.69, 9.17) is 5.73 Å². The number of aryl methyl sites for hydroxylation is 1. The van der Waals surface area contributed by atoms with Crippen LogP contribution in [0.15, 0.2) is 34.8 Å². The smallest absolute Gasteiger partial charge is 0.194 e. The number of hydrogen-bond donors (Lipinski definition) is 1. The predicted octanol–water partition coefficient (Wildman–Crippen LogP) is 1.18. The monoisotopic (exact) mass is 233 g/mol. The molecule has 82 valence electrons. The topological polar surface area (TPSA) is 77.6 Å². The zero-order chi connectivity index (χ0) is 11.4. The first-order chi connectivity index (χ1) is 7.78. The van der Waals surface area contributed by atoms with Gasteiger partial charge in [-0.1, -0.05) is 0 Å². The first-order valence-electron chi connectivity index (χ1n) is 4.76. The molecular weight excluding hydrogens is 222 g/mol. The Morgan fingerprint density at radius 1 is 1.38 bits per heavy atom. The Morgan fingerprint density at radius 3 is 2.94 bits per heavy atom. The van der Waals surface area contributed by atoms with E-state index in [-0.39, 0.29) is 0 Å². The van der Waals surface area contributed by atoms with Gasteiger partial charge in [0.05, 0.1) is 5.69 Å². The van der Waals surface area contributed by atoms with Gasteiger partial charge < -0.3 is 5.73 Å². The lowest BCUT2D eigenvalue weighted by molar-refractivity contribution is 0.852. The molecule has 0 aromatic carbocycles. The van der Waals surface area contributed by atoms with Crippen LogP contribution in [0.1, 0.15) is 11.4 Å². The fourth-order valence-electron chi connectivity index (χ4n) is 1.19. The van der Waals surface area contributed by atoms with Crippen LogP contribution in [0.5, 0.6) is 0 Å². The molecule has 16 heavy (non-hydrogen) atoms. The van der Waals surface area contributed by atoms with Crippen molar-refractivity contribution in [2.75, 3.05) is 0 Å². The van der Waals surface area contributed by atoms with Crippen molar-refractivity contribution in [3.05, 3.63) is 36.0 Å². The Balaban J connectivity index is 2.24. The average molecular weight is 233 g/mol. The maximum Gasteiger partial charge on any atom is 0.194 e. The average Bonchev–Trinajstić information content (AvgIpc) is 2.29. The molecule has 2 aromatic heterocycles. The van der Waals surface area contributed by atoms with Crippen LogP contribution in [0.25, 0.3) is 0 Å². The summed E-state index contributed by atoms with van der Waals surface area (Å²) in [6, 6.07) is 3.70. The highest BCUT2D eigenvalue weighted by molar-refractivity contribution is 7.99. The van der Waals surface area contributed by atoms with Gasteiger partial charge in [-0.05, 0) is 30.8 Å². The van der Waals surface area contributed by atoms with Crippen molar-refractivity contribution in [1.82, 2.24) is 19.9 Å². The first-order valence-corrected chi connectivity index (χ1v) is 5.58. The minimum Gasteiger partial charge on any atom is -0.325 e. The number of aromatic nitrogens is 4. The van der Waals surface area contributed by atoms with Gasteiger partial charge >= 0.3 is 0 Å². The largest absolute Gasteiger partial charge is 0.325 e. The van der Waals surface area contributed by atoms with Crippen molar-refractivity contribution in [3.8, 4) is 0 Å². The van der Waals surface area contributed by atoms with Crippen LogP contribution in [0, 0.1) is 6.92 Å². The molecule has 0 aliphatic carbocycles. The Hall–Kier alpha value is -1.53. The van der Waals surface area contributed by atoms with E-state index < -0.39 is 0 Å². The summed E-state index contributed by atoms with van der Waals surface area (Å²) in [6.45, 7) is 2.34. The van der Waals surface area contributed by atoms with Gasteiger partial charge in [-0.3, -0.25) is 0 Å². The van der Waals surface area contributed by atoms with Crippen LogP contribution in [-0.2, 0) is 6.54 Å². The SMILES string of the molecule is Cc1cc(CN)nc(Sc2ccncn2)n1. The van der Waals surface area contributed by atoms with E-state index in [0.29, 0.717) is 11.7 Å². The molecule has 0 radical (unpaired) electrons. The summed E-state index contributed by atoms with van der Waals surface area (Å²) in [4.78, 5) is 16.6. The maximum absolute atomic E-state index is 5.56. The minimum absolute atomic E-state index is 0.417. The summed E-state index contributed by atoms with van der Waals surface area (Å²) in [5.41, 5.74) is 7.30. The van der Waals surface area contributed by atoms with Crippen molar-refractivity contribution in [1.29, 1.82) is 0 Å². The van der Waals surface area contributed by atoms with E-state index in [1.54, 1.807) is 6.20 Å². The maximum atomic E-state index is 5.56. The van der Waals surface area contributed by atoms with Gasteiger partial charge in [0.15, 0.2) is 5.16 Å². The summed E-state index contributed by atoms with van der Waals surface area (Å²) in [5, 5.41) is 1.49. The molecule has 2 aromatic rings. The van der Waals surface area contributed by atoms with Gasteiger partial charge in [0.1, 0.15) is 11.4 Å². The molecule has 0 saturated heterocycles. The molecule has 2 rings (SSSR count). The number of rotatable bonds is 3. The van der Waals surface area contributed by atoms with Crippen molar-refractivity contribution < 1.29 is 0 Å². The van der Waals surface area contributed by atoms with Crippen molar-refractivity contribution >= 4 is 11.8 Å². The first kappa shape index (κ1) is 11.0. The lowest BCUT2D eigenvalue weighted by Gasteiger charge is -2.02. The van der Waals surface area contributed by atoms with E-state index in [1.807, 2.05) is 19.1 Å².